The van der Waals surface area contributed by atoms with E-state index in [-0.39, 0.29) is 11.9 Å². The Morgan fingerprint density at radius 2 is 2.04 bits per heavy atom. The number of carbonyl (C=O) groups is 1. The Morgan fingerprint density at radius 3 is 2.80 bits per heavy atom. The van der Waals surface area contributed by atoms with Gasteiger partial charge in [-0.05, 0) is 47.5 Å². The van der Waals surface area contributed by atoms with Crippen LogP contribution < -0.4 is 0 Å². The number of rotatable bonds is 3. The smallest absolute Gasteiger partial charge is 0.227 e. The minimum atomic E-state index is 0.0158. The van der Waals surface area contributed by atoms with Gasteiger partial charge in [0, 0.05) is 23.3 Å². The molecule has 3 nitrogen and oxygen atoms in total. The molecule has 2 aromatic heterocycles. The van der Waals surface area contributed by atoms with Crippen molar-refractivity contribution in [3.05, 3.63) is 87.4 Å². The number of nitrogens with zero attached hydrogens (tertiary/aromatic N) is 2. The van der Waals surface area contributed by atoms with Gasteiger partial charge in [0.2, 0.25) is 5.91 Å². The van der Waals surface area contributed by atoms with E-state index in [9.17, 15) is 4.79 Å². The molecule has 1 amide bonds. The quantitative estimate of drug-likeness (QED) is 0.712. The zero-order valence-corrected chi connectivity index (χ0v) is 15.0. The normalized spacial score (nSPS) is 16.5. The Morgan fingerprint density at radius 1 is 1.20 bits per heavy atom. The predicted octanol–water partition coefficient (Wildman–Crippen LogP) is 4.17. The number of hydrogen-bond donors (Lipinski definition) is 0. The molecule has 1 atom stereocenters. The third-order valence-corrected chi connectivity index (χ3v) is 5.73. The lowest BCUT2D eigenvalue weighted by Crippen LogP contribution is -2.40. The molecule has 126 valence electrons. The van der Waals surface area contributed by atoms with Gasteiger partial charge in [-0.15, -0.1) is 11.3 Å². The fraction of sp³-hybridized carbons (Fsp3) is 0.238. The van der Waals surface area contributed by atoms with Crippen molar-refractivity contribution < 1.29 is 4.79 Å². The molecule has 0 saturated heterocycles. The number of pyridine rings is 1. The number of carbonyl (C=O) groups excluding carboxylic acids is 1. The van der Waals surface area contributed by atoms with E-state index in [0.29, 0.717) is 6.42 Å². The highest BCUT2D eigenvalue weighted by Gasteiger charge is 2.32. The van der Waals surface area contributed by atoms with Crippen molar-refractivity contribution in [3.63, 3.8) is 0 Å². The largest absolute Gasteiger partial charge is 0.331 e. The van der Waals surface area contributed by atoms with Gasteiger partial charge in [-0.2, -0.15) is 0 Å². The molecule has 0 saturated carbocycles. The van der Waals surface area contributed by atoms with Crippen LogP contribution in [0.2, 0.25) is 0 Å². The van der Waals surface area contributed by atoms with Crippen LogP contribution >= 0.6 is 11.3 Å². The average molecular weight is 348 g/mol. The Hall–Kier alpha value is -2.46. The number of hydrogen-bond acceptors (Lipinski definition) is 3. The zero-order chi connectivity index (χ0) is 17.2. The third-order valence-electron chi connectivity index (χ3n) is 4.73. The van der Waals surface area contributed by atoms with E-state index < -0.39 is 0 Å². The highest BCUT2D eigenvalue weighted by molar-refractivity contribution is 7.10. The second-order valence-corrected chi connectivity index (χ2v) is 7.43. The first-order chi connectivity index (χ1) is 12.2. The van der Waals surface area contributed by atoms with E-state index in [2.05, 4.69) is 28.6 Å². The first-order valence-electron chi connectivity index (χ1n) is 8.54. The fourth-order valence-electron chi connectivity index (χ4n) is 3.46. The summed E-state index contributed by atoms with van der Waals surface area (Å²) in [6.45, 7) is 2.73. The van der Waals surface area contributed by atoms with E-state index in [1.165, 1.54) is 16.0 Å². The molecule has 0 bridgehead atoms. The van der Waals surface area contributed by atoms with E-state index >= 15 is 0 Å². The summed E-state index contributed by atoms with van der Waals surface area (Å²) in [4.78, 5) is 20.8. The first kappa shape index (κ1) is 16.0. The Bertz CT molecular complexity index is 870. The molecule has 0 radical (unpaired) electrons. The predicted molar refractivity (Wildman–Crippen MR) is 101 cm³/mol. The molecule has 4 rings (SSSR count). The summed E-state index contributed by atoms with van der Waals surface area (Å²) in [5.41, 5.74) is 4.40. The molecule has 25 heavy (non-hydrogen) atoms. The lowest BCUT2D eigenvalue weighted by Gasteiger charge is -2.36. The molecular weight excluding hydrogens is 328 g/mol. The Balaban J connectivity index is 1.65. The van der Waals surface area contributed by atoms with Gasteiger partial charge in [0.15, 0.2) is 0 Å². The molecule has 0 fully saturated rings. The molecule has 3 heterocycles. The van der Waals surface area contributed by atoms with Crippen LogP contribution in [-0.2, 0) is 17.6 Å². The van der Waals surface area contributed by atoms with Crippen molar-refractivity contribution in [3.8, 4) is 0 Å². The zero-order valence-electron chi connectivity index (χ0n) is 14.2. The number of benzene rings is 1. The maximum absolute atomic E-state index is 13.1. The van der Waals surface area contributed by atoms with Crippen LogP contribution in [0, 0.1) is 6.92 Å². The summed E-state index contributed by atoms with van der Waals surface area (Å²) in [7, 11) is 0. The number of aromatic nitrogens is 1. The number of fused-ring (bicyclic) bond motifs is 1. The molecule has 0 unspecified atom stereocenters. The van der Waals surface area contributed by atoms with Gasteiger partial charge in [0.1, 0.15) is 0 Å². The maximum atomic E-state index is 13.1. The van der Waals surface area contributed by atoms with Crippen LogP contribution in [0.5, 0.6) is 0 Å². The van der Waals surface area contributed by atoms with Gasteiger partial charge < -0.3 is 4.90 Å². The standard InChI is InChI=1S/C21H20N2OS/c1-15-7-8-16(14-22-15)13-20(24)23-11-9-19-18(10-12-25-19)21(23)17-5-3-2-4-6-17/h2-8,10,12,14,21H,9,11,13H2,1H3/t21-/m1/s1. The molecular formula is C21H20N2OS. The van der Waals surface area contributed by atoms with Crippen LogP contribution in [-0.4, -0.2) is 22.3 Å². The third kappa shape index (κ3) is 3.22. The van der Waals surface area contributed by atoms with Gasteiger partial charge in [0.25, 0.3) is 0 Å². The Kier molecular flexibility index (Phi) is 4.36. The summed E-state index contributed by atoms with van der Waals surface area (Å²) in [6, 6.07) is 16.5. The van der Waals surface area contributed by atoms with E-state index in [1.54, 1.807) is 11.3 Å². The van der Waals surface area contributed by atoms with Crippen molar-refractivity contribution in [2.45, 2.75) is 25.8 Å². The van der Waals surface area contributed by atoms with Crippen molar-refractivity contribution in [2.24, 2.45) is 0 Å². The van der Waals surface area contributed by atoms with E-state index in [4.69, 9.17) is 0 Å². The van der Waals surface area contributed by atoms with Crippen LogP contribution in [0.15, 0.2) is 60.1 Å². The summed E-state index contributed by atoms with van der Waals surface area (Å²) < 4.78 is 0. The summed E-state index contributed by atoms with van der Waals surface area (Å²) in [5.74, 6) is 0.163. The molecule has 0 aliphatic carbocycles. The molecule has 0 N–H and O–H groups in total. The topological polar surface area (TPSA) is 33.2 Å². The summed E-state index contributed by atoms with van der Waals surface area (Å²) in [6.07, 6.45) is 3.15. The van der Waals surface area contributed by atoms with Crippen LogP contribution in [0.4, 0.5) is 0 Å². The van der Waals surface area contributed by atoms with Crippen LogP contribution in [0.25, 0.3) is 0 Å². The van der Waals surface area contributed by atoms with Gasteiger partial charge in [-0.3, -0.25) is 9.78 Å². The molecule has 1 aliphatic heterocycles. The lowest BCUT2D eigenvalue weighted by atomic mass is 9.93. The van der Waals surface area contributed by atoms with Crippen molar-refractivity contribution in [1.82, 2.24) is 9.88 Å². The molecule has 1 aliphatic rings. The summed E-state index contributed by atoms with van der Waals surface area (Å²) in [5, 5.41) is 2.14. The number of thiophene rings is 1. The Labute approximate surface area is 152 Å². The monoisotopic (exact) mass is 348 g/mol. The van der Waals surface area contributed by atoms with Gasteiger partial charge in [-0.25, -0.2) is 0 Å². The van der Waals surface area contributed by atoms with Crippen LogP contribution in [0.1, 0.15) is 33.3 Å². The van der Waals surface area contributed by atoms with Gasteiger partial charge in [-0.1, -0.05) is 36.4 Å². The minimum Gasteiger partial charge on any atom is -0.331 e. The minimum absolute atomic E-state index is 0.0158. The SMILES string of the molecule is Cc1ccc(CC(=O)N2CCc3sccc3[C@H]2c2ccccc2)cn1. The second-order valence-electron chi connectivity index (χ2n) is 6.43. The van der Waals surface area contributed by atoms with Crippen molar-refractivity contribution in [1.29, 1.82) is 0 Å². The highest BCUT2D eigenvalue weighted by atomic mass is 32.1. The average Bonchev–Trinajstić information content (AvgIpc) is 3.12. The van der Waals surface area contributed by atoms with Gasteiger partial charge in [0.05, 0.1) is 12.5 Å². The molecule has 4 heteroatoms. The maximum Gasteiger partial charge on any atom is 0.227 e. The van der Waals surface area contributed by atoms with Crippen molar-refractivity contribution >= 4 is 17.2 Å². The highest BCUT2D eigenvalue weighted by Crippen LogP contribution is 2.37. The van der Waals surface area contributed by atoms with E-state index in [1.807, 2.05) is 48.4 Å². The molecule has 1 aromatic carbocycles. The molecule has 0 spiro atoms. The number of amides is 1. The molecule has 3 aromatic rings. The van der Waals surface area contributed by atoms with Crippen molar-refractivity contribution in [2.75, 3.05) is 6.54 Å². The van der Waals surface area contributed by atoms with Gasteiger partial charge >= 0.3 is 0 Å². The van der Waals surface area contributed by atoms with Crippen LogP contribution in [0.3, 0.4) is 0 Å². The fourth-order valence-corrected chi connectivity index (χ4v) is 4.36. The second kappa shape index (κ2) is 6.81. The first-order valence-corrected chi connectivity index (χ1v) is 9.42. The van der Waals surface area contributed by atoms with E-state index in [0.717, 1.165) is 24.2 Å². The summed E-state index contributed by atoms with van der Waals surface area (Å²) >= 11 is 1.80. The lowest BCUT2D eigenvalue weighted by molar-refractivity contribution is -0.132. The number of aryl methyl sites for hydroxylation is 1.